The van der Waals surface area contributed by atoms with Gasteiger partial charge in [0, 0.05) is 37.3 Å². The van der Waals surface area contributed by atoms with Crippen LogP contribution in [0.15, 0.2) is 36.4 Å². The van der Waals surface area contributed by atoms with Gasteiger partial charge >= 0.3 is 5.97 Å². The number of rotatable bonds is 8. The van der Waals surface area contributed by atoms with Crippen molar-refractivity contribution >= 4 is 23.5 Å². The predicted octanol–water partition coefficient (Wildman–Crippen LogP) is 2.03. The minimum Gasteiger partial charge on any atom is -0.497 e. The molecule has 1 unspecified atom stereocenters. The fourth-order valence-corrected chi connectivity index (χ4v) is 4.19. The van der Waals surface area contributed by atoms with Gasteiger partial charge in [0.25, 0.3) is 0 Å². The highest BCUT2D eigenvalue weighted by atomic mass is 16.6. The third-order valence-electron chi connectivity index (χ3n) is 5.96. The average molecular weight is 485 g/mol. The zero-order valence-corrected chi connectivity index (χ0v) is 19.9. The van der Waals surface area contributed by atoms with E-state index >= 15 is 0 Å². The normalized spacial score (nSPS) is 16.6. The van der Waals surface area contributed by atoms with Crippen molar-refractivity contribution in [2.24, 2.45) is 5.92 Å². The molecule has 0 saturated carbocycles. The molecule has 186 valence electrons. The lowest BCUT2D eigenvalue weighted by atomic mass is 10.1. The second-order valence-corrected chi connectivity index (χ2v) is 8.22. The lowest BCUT2D eigenvalue weighted by Crippen LogP contribution is -2.40. The molecule has 10 nitrogen and oxygen atoms in total. The third-order valence-corrected chi connectivity index (χ3v) is 5.96. The van der Waals surface area contributed by atoms with E-state index in [0.29, 0.717) is 47.5 Å². The van der Waals surface area contributed by atoms with Gasteiger partial charge in [-0.25, -0.2) is 0 Å². The largest absolute Gasteiger partial charge is 0.497 e. The first-order valence-electron chi connectivity index (χ1n) is 11.2. The van der Waals surface area contributed by atoms with Crippen LogP contribution in [0, 0.1) is 5.92 Å². The van der Waals surface area contributed by atoms with E-state index in [4.69, 9.17) is 23.7 Å². The molecule has 10 heteroatoms. The number of ether oxygens (including phenoxy) is 5. The Kier molecular flexibility index (Phi) is 7.28. The molecule has 0 bridgehead atoms. The quantitative estimate of drug-likeness (QED) is 0.525. The number of anilines is 1. The Balaban J connectivity index is 1.53. The van der Waals surface area contributed by atoms with Gasteiger partial charge in [0.1, 0.15) is 31.3 Å². The molecule has 0 aliphatic carbocycles. The molecular formula is C25H28N2O8. The van der Waals surface area contributed by atoms with Crippen LogP contribution in [0.3, 0.4) is 0 Å². The number of hydrogen-bond acceptors (Lipinski definition) is 8. The molecule has 0 N–H and O–H groups in total. The van der Waals surface area contributed by atoms with Gasteiger partial charge in [-0.05, 0) is 29.8 Å². The lowest BCUT2D eigenvalue weighted by Gasteiger charge is -2.25. The molecule has 0 aromatic heterocycles. The maximum absolute atomic E-state index is 13.5. The number of carbonyl (C=O) groups is 3. The minimum absolute atomic E-state index is 0.0341. The number of fused-ring (bicyclic) bond motifs is 1. The van der Waals surface area contributed by atoms with Gasteiger partial charge in [-0.3, -0.25) is 14.4 Å². The summed E-state index contributed by atoms with van der Waals surface area (Å²) in [6.45, 7) is 0.972. The summed E-state index contributed by atoms with van der Waals surface area (Å²) in [6, 6.07) is 10.5. The second kappa shape index (κ2) is 10.5. The van der Waals surface area contributed by atoms with Crippen molar-refractivity contribution in [2.45, 2.75) is 13.0 Å². The highest BCUT2D eigenvalue weighted by Crippen LogP contribution is 2.36. The first-order chi connectivity index (χ1) is 16.9. The smallest absolute Gasteiger partial charge is 0.325 e. The van der Waals surface area contributed by atoms with Crippen molar-refractivity contribution in [1.82, 2.24) is 4.90 Å². The van der Waals surface area contributed by atoms with E-state index < -0.39 is 11.9 Å². The van der Waals surface area contributed by atoms with Crippen LogP contribution in [-0.2, 0) is 25.7 Å². The van der Waals surface area contributed by atoms with Crippen LogP contribution in [0.25, 0.3) is 0 Å². The summed E-state index contributed by atoms with van der Waals surface area (Å²) in [5.41, 5.74) is 1.35. The first kappa shape index (κ1) is 24.2. The molecule has 2 aromatic rings. The Bertz CT molecular complexity index is 1100. The number of amides is 2. The van der Waals surface area contributed by atoms with Crippen LogP contribution in [0.1, 0.15) is 12.0 Å². The van der Waals surface area contributed by atoms with E-state index in [1.807, 2.05) is 0 Å². The zero-order valence-electron chi connectivity index (χ0n) is 19.9. The Morgan fingerprint density at radius 3 is 2.34 bits per heavy atom. The first-order valence-corrected chi connectivity index (χ1v) is 11.2. The molecule has 1 saturated heterocycles. The molecule has 35 heavy (non-hydrogen) atoms. The van der Waals surface area contributed by atoms with Crippen molar-refractivity contribution in [3.63, 3.8) is 0 Å². The van der Waals surface area contributed by atoms with E-state index in [1.54, 1.807) is 41.3 Å². The number of benzene rings is 2. The summed E-state index contributed by atoms with van der Waals surface area (Å²) in [5.74, 6) is 0.643. The number of hydrogen-bond donors (Lipinski definition) is 0. The van der Waals surface area contributed by atoms with Crippen LogP contribution in [0.5, 0.6) is 23.0 Å². The van der Waals surface area contributed by atoms with Gasteiger partial charge in [-0.15, -0.1) is 0 Å². The number of esters is 1. The molecule has 2 amide bonds. The molecule has 0 spiro atoms. The molecule has 2 aromatic carbocycles. The fraction of sp³-hybridized carbons (Fsp3) is 0.400. The van der Waals surface area contributed by atoms with E-state index in [1.165, 1.54) is 26.2 Å². The Morgan fingerprint density at radius 2 is 1.69 bits per heavy atom. The maximum Gasteiger partial charge on any atom is 0.325 e. The molecule has 4 rings (SSSR count). The van der Waals surface area contributed by atoms with E-state index in [2.05, 4.69) is 0 Å². The second-order valence-electron chi connectivity index (χ2n) is 8.22. The van der Waals surface area contributed by atoms with Crippen LogP contribution in [-0.4, -0.2) is 70.3 Å². The number of carbonyl (C=O) groups excluding carboxylic acids is 3. The van der Waals surface area contributed by atoms with Crippen molar-refractivity contribution in [1.29, 1.82) is 0 Å². The fourth-order valence-electron chi connectivity index (χ4n) is 4.19. The molecule has 1 atom stereocenters. The Hall–Kier alpha value is -3.95. The van der Waals surface area contributed by atoms with Crippen molar-refractivity contribution in [3.05, 3.63) is 42.0 Å². The van der Waals surface area contributed by atoms with E-state index in [-0.39, 0.29) is 37.9 Å². The summed E-state index contributed by atoms with van der Waals surface area (Å²) in [4.78, 5) is 41.4. The van der Waals surface area contributed by atoms with Gasteiger partial charge in [-0.1, -0.05) is 0 Å². The van der Waals surface area contributed by atoms with Crippen LogP contribution >= 0.6 is 0 Å². The number of nitrogens with zero attached hydrogens (tertiary/aromatic N) is 2. The van der Waals surface area contributed by atoms with Gasteiger partial charge < -0.3 is 33.5 Å². The summed E-state index contributed by atoms with van der Waals surface area (Å²) in [6.07, 6.45) is 0.0341. The average Bonchev–Trinajstić information content (AvgIpc) is 3.28. The molecule has 1 fully saturated rings. The summed E-state index contributed by atoms with van der Waals surface area (Å²) >= 11 is 0. The number of methoxy groups -OCH3 is 3. The highest BCUT2D eigenvalue weighted by molar-refractivity contribution is 6.01. The topological polar surface area (TPSA) is 104 Å². The third kappa shape index (κ3) is 5.42. The standard InChI is InChI=1S/C25H28N2O8/c1-31-19-8-16(9-20(12-19)32-2)13-26(15-24(29)33-3)25(30)17-10-23(28)27(14-17)18-4-5-21-22(11-18)35-7-6-34-21/h4-5,8-9,11-12,17H,6-7,10,13-15H2,1-3H3. The molecule has 2 aliphatic heterocycles. The lowest BCUT2D eigenvalue weighted by molar-refractivity contribution is -0.148. The predicted molar refractivity (Wildman–Crippen MR) is 125 cm³/mol. The molecular weight excluding hydrogens is 456 g/mol. The van der Waals surface area contributed by atoms with Gasteiger partial charge in [0.15, 0.2) is 11.5 Å². The zero-order chi connectivity index (χ0) is 24.9. The monoisotopic (exact) mass is 484 g/mol. The summed E-state index contributed by atoms with van der Waals surface area (Å²) < 4.78 is 26.6. The van der Waals surface area contributed by atoms with Crippen molar-refractivity contribution < 1.29 is 38.1 Å². The van der Waals surface area contributed by atoms with Crippen LogP contribution < -0.4 is 23.8 Å². The van der Waals surface area contributed by atoms with Crippen molar-refractivity contribution in [3.8, 4) is 23.0 Å². The van der Waals surface area contributed by atoms with E-state index in [9.17, 15) is 14.4 Å². The molecule has 2 aliphatic rings. The van der Waals surface area contributed by atoms with E-state index in [0.717, 1.165) is 0 Å². The summed E-state index contributed by atoms with van der Waals surface area (Å²) in [5, 5.41) is 0. The Morgan fingerprint density at radius 1 is 1.00 bits per heavy atom. The van der Waals surface area contributed by atoms with Crippen LogP contribution in [0.4, 0.5) is 5.69 Å². The van der Waals surface area contributed by atoms with Gasteiger partial charge in [-0.2, -0.15) is 0 Å². The SMILES string of the molecule is COC(=O)CN(Cc1cc(OC)cc(OC)c1)C(=O)C1CC(=O)N(c2ccc3c(c2)OCCO3)C1. The molecule has 0 radical (unpaired) electrons. The van der Waals surface area contributed by atoms with Gasteiger partial charge in [0.2, 0.25) is 11.8 Å². The van der Waals surface area contributed by atoms with Crippen molar-refractivity contribution in [2.75, 3.05) is 52.5 Å². The van der Waals surface area contributed by atoms with Crippen LogP contribution in [0.2, 0.25) is 0 Å². The Labute approximate surface area is 203 Å². The molecule has 2 heterocycles. The minimum atomic E-state index is -0.618. The summed E-state index contributed by atoms with van der Waals surface area (Å²) in [7, 11) is 4.33. The van der Waals surface area contributed by atoms with Gasteiger partial charge in [0.05, 0.1) is 27.2 Å². The maximum atomic E-state index is 13.5. The highest BCUT2D eigenvalue weighted by Gasteiger charge is 2.38.